The molecule has 12 heavy (non-hydrogen) atoms. The summed E-state index contributed by atoms with van der Waals surface area (Å²) in [6, 6.07) is 0. The summed E-state index contributed by atoms with van der Waals surface area (Å²) in [6.45, 7) is 4.35. The molecule has 2 atom stereocenters. The smallest absolute Gasteiger partial charge is 0.312 e. The summed E-state index contributed by atoms with van der Waals surface area (Å²) in [5.74, 6) is 0.599. The van der Waals surface area contributed by atoms with Crippen LogP contribution < -0.4 is 5.32 Å². The molecule has 0 spiro atoms. The van der Waals surface area contributed by atoms with E-state index >= 15 is 0 Å². The summed E-state index contributed by atoms with van der Waals surface area (Å²) in [6.07, 6.45) is 2.01. The first-order chi connectivity index (χ1) is 5.79. The number of carbonyl (C=O) groups is 1. The third kappa shape index (κ3) is 1.04. The standard InChI is InChI=1S/C9H15NO2/c1-2-12-8(11)9-3-4-10-6-7(9)5-9/h7,10H,2-6H2,1H3. The lowest BCUT2D eigenvalue weighted by Gasteiger charge is -2.20. The van der Waals surface area contributed by atoms with Gasteiger partial charge < -0.3 is 10.1 Å². The molecule has 0 aromatic heterocycles. The number of piperidine rings is 1. The van der Waals surface area contributed by atoms with E-state index in [4.69, 9.17) is 4.74 Å². The quantitative estimate of drug-likeness (QED) is 0.613. The van der Waals surface area contributed by atoms with Gasteiger partial charge in [-0.15, -0.1) is 0 Å². The first-order valence-corrected chi connectivity index (χ1v) is 4.67. The van der Waals surface area contributed by atoms with E-state index in [9.17, 15) is 4.79 Å². The topological polar surface area (TPSA) is 38.3 Å². The minimum absolute atomic E-state index is 0.0384. The minimum Gasteiger partial charge on any atom is -0.466 e. The average Bonchev–Trinajstić information content (AvgIpc) is 2.79. The fraction of sp³-hybridized carbons (Fsp3) is 0.889. The highest BCUT2D eigenvalue weighted by Crippen LogP contribution is 2.57. The van der Waals surface area contributed by atoms with Crippen molar-refractivity contribution >= 4 is 5.97 Å². The third-order valence-electron chi connectivity index (χ3n) is 3.05. The Bertz CT molecular complexity index is 205. The maximum Gasteiger partial charge on any atom is 0.312 e. The van der Waals surface area contributed by atoms with E-state index in [2.05, 4.69) is 5.32 Å². The summed E-state index contributed by atoms with van der Waals surface area (Å²) < 4.78 is 5.06. The SMILES string of the molecule is CCOC(=O)C12CCNCC1C2. The Balaban J connectivity index is 1.98. The third-order valence-corrected chi connectivity index (χ3v) is 3.05. The monoisotopic (exact) mass is 169 g/mol. The Labute approximate surface area is 72.5 Å². The van der Waals surface area contributed by atoms with Gasteiger partial charge in [0.2, 0.25) is 0 Å². The highest BCUT2D eigenvalue weighted by molar-refractivity contribution is 5.81. The first-order valence-electron chi connectivity index (χ1n) is 4.67. The molecule has 1 saturated carbocycles. The molecule has 3 nitrogen and oxygen atoms in total. The lowest BCUT2D eigenvalue weighted by atomic mass is 9.96. The van der Waals surface area contributed by atoms with Crippen molar-refractivity contribution in [3.05, 3.63) is 0 Å². The number of esters is 1. The lowest BCUT2D eigenvalue weighted by Crippen LogP contribution is -2.34. The Hall–Kier alpha value is -0.570. The molecule has 2 aliphatic rings. The second-order valence-electron chi connectivity index (χ2n) is 3.73. The molecule has 1 saturated heterocycles. The fourth-order valence-corrected chi connectivity index (χ4v) is 2.17. The highest BCUT2D eigenvalue weighted by Gasteiger charge is 2.61. The van der Waals surface area contributed by atoms with E-state index in [0.717, 1.165) is 25.9 Å². The number of nitrogens with one attached hydrogen (secondary N) is 1. The molecule has 2 unspecified atom stereocenters. The number of ether oxygens (including phenoxy) is 1. The second-order valence-corrected chi connectivity index (χ2v) is 3.73. The van der Waals surface area contributed by atoms with Gasteiger partial charge in [0, 0.05) is 0 Å². The van der Waals surface area contributed by atoms with Crippen molar-refractivity contribution in [1.82, 2.24) is 5.32 Å². The molecule has 0 amide bonds. The van der Waals surface area contributed by atoms with Gasteiger partial charge in [0.1, 0.15) is 0 Å². The number of fused-ring (bicyclic) bond motifs is 1. The van der Waals surface area contributed by atoms with Crippen molar-refractivity contribution in [2.45, 2.75) is 19.8 Å². The molecular formula is C9H15NO2. The minimum atomic E-state index is -0.0682. The summed E-state index contributed by atoms with van der Waals surface area (Å²) in [5, 5.41) is 3.29. The van der Waals surface area contributed by atoms with E-state index in [-0.39, 0.29) is 11.4 Å². The van der Waals surface area contributed by atoms with Crippen LogP contribution >= 0.6 is 0 Å². The molecule has 3 heteroatoms. The first kappa shape index (κ1) is 8.05. The molecule has 2 fully saturated rings. The Morgan fingerprint density at radius 3 is 3.25 bits per heavy atom. The Morgan fingerprint density at radius 2 is 2.58 bits per heavy atom. The number of hydrogen-bond donors (Lipinski definition) is 1. The molecule has 1 N–H and O–H groups in total. The van der Waals surface area contributed by atoms with Crippen molar-refractivity contribution in [3.8, 4) is 0 Å². The van der Waals surface area contributed by atoms with Crippen LogP contribution in [0.3, 0.4) is 0 Å². The normalized spacial score (nSPS) is 38.6. The summed E-state index contributed by atoms with van der Waals surface area (Å²) in [4.78, 5) is 11.5. The van der Waals surface area contributed by atoms with Crippen molar-refractivity contribution in [3.63, 3.8) is 0 Å². The largest absolute Gasteiger partial charge is 0.466 e. The second kappa shape index (κ2) is 2.73. The zero-order chi connectivity index (χ0) is 8.60. The van der Waals surface area contributed by atoms with Crippen molar-refractivity contribution < 1.29 is 9.53 Å². The fourth-order valence-electron chi connectivity index (χ4n) is 2.17. The molecule has 2 rings (SSSR count). The van der Waals surface area contributed by atoms with Crippen LogP contribution in [0.4, 0.5) is 0 Å². The van der Waals surface area contributed by atoms with Crippen LogP contribution in [0, 0.1) is 11.3 Å². The van der Waals surface area contributed by atoms with Crippen LogP contribution in [-0.4, -0.2) is 25.7 Å². The van der Waals surface area contributed by atoms with Crippen LogP contribution in [-0.2, 0) is 9.53 Å². The van der Waals surface area contributed by atoms with E-state index in [1.54, 1.807) is 0 Å². The molecule has 0 aromatic carbocycles. The average molecular weight is 169 g/mol. The van der Waals surface area contributed by atoms with Crippen molar-refractivity contribution in [2.75, 3.05) is 19.7 Å². The molecule has 0 radical (unpaired) electrons. The number of carbonyl (C=O) groups excluding carboxylic acids is 1. The predicted molar refractivity (Wildman–Crippen MR) is 44.7 cm³/mol. The Morgan fingerprint density at radius 1 is 1.75 bits per heavy atom. The van der Waals surface area contributed by atoms with E-state index in [0.29, 0.717) is 12.5 Å². The molecule has 1 aliphatic carbocycles. The molecule has 0 bridgehead atoms. The van der Waals surface area contributed by atoms with E-state index < -0.39 is 0 Å². The molecule has 0 aromatic rings. The molecule has 68 valence electrons. The lowest BCUT2D eigenvalue weighted by molar-refractivity contribution is -0.151. The van der Waals surface area contributed by atoms with Crippen molar-refractivity contribution in [2.24, 2.45) is 11.3 Å². The molecule has 1 heterocycles. The summed E-state index contributed by atoms with van der Waals surface area (Å²) in [5.41, 5.74) is -0.0682. The maximum absolute atomic E-state index is 11.5. The molecule has 1 aliphatic heterocycles. The highest BCUT2D eigenvalue weighted by atomic mass is 16.5. The zero-order valence-corrected chi connectivity index (χ0v) is 7.43. The molecular weight excluding hydrogens is 154 g/mol. The van der Waals surface area contributed by atoms with E-state index in [1.807, 2.05) is 6.92 Å². The van der Waals surface area contributed by atoms with Gasteiger partial charge in [0.15, 0.2) is 0 Å². The van der Waals surface area contributed by atoms with Crippen LogP contribution in [0.25, 0.3) is 0 Å². The van der Waals surface area contributed by atoms with Gasteiger partial charge in [-0.2, -0.15) is 0 Å². The van der Waals surface area contributed by atoms with Crippen molar-refractivity contribution in [1.29, 1.82) is 0 Å². The van der Waals surface area contributed by atoms with Gasteiger partial charge in [0.05, 0.1) is 12.0 Å². The maximum atomic E-state index is 11.5. The van der Waals surface area contributed by atoms with Crippen LogP contribution in [0.1, 0.15) is 19.8 Å². The van der Waals surface area contributed by atoms with Gasteiger partial charge in [-0.25, -0.2) is 0 Å². The van der Waals surface area contributed by atoms with Crippen LogP contribution in [0.2, 0.25) is 0 Å². The van der Waals surface area contributed by atoms with E-state index in [1.165, 1.54) is 0 Å². The van der Waals surface area contributed by atoms with Crippen LogP contribution in [0.5, 0.6) is 0 Å². The summed E-state index contributed by atoms with van der Waals surface area (Å²) >= 11 is 0. The number of rotatable bonds is 2. The zero-order valence-electron chi connectivity index (χ0n) is 7.43. The predicted octanol–water partition coefficient (Wildman–Crippen LogP) is 0.549. The van der Waals surface area contributed by atoms with Gasteiger partial charge in [-0.3, -0.25) is 4.79 Å². The van der Waals surface area contributed by atoms with Gasteiger partial charge in [-0.05, 0) is 38.8 Å². The van der Waals surface area contributed by atoms with Gasteiger partial charge in [0.25, 0.3) is 0 Å². The van der Waals surface area contributed by atoms with Gasteiger partial charge in [-0.1, -0.05) is 0 Å². The van der Waals surface area contributed by atoms with Gasteiger partial charge >= 0.3 is 5.97 Å². The Kier molecular flexibility index (Phi) is 1.83. The van der Waals surface area contributed by atoms with Crippen LogP contribution in [0.15, 0.2) is 0 Å². The summed E-state index contributed by atoms with van der Waals surface area (Å²) in [7, 11) is 0. The number of hydrogen-bond acceptors (Lipinski definition) is 3.